The predicted octanol–water partition coefficient (Wildman–Crippen LogP) is 1.90. The molecular weight excluding hydrogens is 276 g/mol. The van der Waals surface area contributed by atoms with E-state index >= 15 is 0 Å². The summed E-state index contributed by atoms with van der Waals surface area (Å²) in [5.41, 5.74) is 0.861. The van der Waals surface area contributed by atoms with E-state index < -0.39 is 10.0 Å². The zero-order valence-electron chi connectivity index (χ0n) is 12.3. The number of hydrogen-bond donors (Lipinski definition) is 2. The van der Waals surface area contributed by atoms with Crippen LogP contribution in [-0.2, 0) is 10.0 Å². The molecule has 0 spiro atoms. The first kappa shape index (κ1) is 16.9. The van der Waals surface area contributed by atoms with Crippen LogP contribution < -0.4 is 5.32 Å². The molecule has 0 radical (unpaired) electrons. The minimum absolute atomic E-state index is 0.0869. The van der Waals surface area contributed by atoms with Crippen molar-refractivity contribution in [2.75, 3.05) is 25.5 Å². The number of benzene rings is 1. The molecule has 1 aromatic rings. The Balaban J connectivity index is 3.14. The van der Waals surface area contributed by atoms with Gasteiger partial charge in [0.2, 0.25) is 10.0 Å². The van der Waals surface area contributed by atoms with Gasteiger partial charge in [0.15, 0.2) is 0 Å². The second-order valence-corrected chi connectivity index (χ2v) is 6.47. The second kappa shape index (κ2) is 7.61. The number of sulfonamides is 1. The number of nitrogens with one attached hydrogen (secondary N) is 1. The van der Waals surface area contributed by atoms with Crippen molar-refractivity contribution < 1.29 is 13.5 Å². The standard InChI is InChI=1S/C14H24N2O3S/c1-4-13(5-2)16(10-11-17)20(18,19)14-8-6-12(15-3)7-9-14/h6-9,13,15,17H,4-5,10-11H2,1-3H3. The molecule has 0 unspecified atom stereocenters. The fourth-order valence-corrected chi connectivity index (χ4v) is 3.99. The van der Waals surface area contributed by atoms with Gasteiger partial charge in [-0.2, -0.15) is 4.31 Å². The lowest BCUT2D eigenvalue weighted by Gasteiger charge is -2.29. The number of aliphatic hydroxyl groups excluding tert-OH is 1. The highest BCUT2D eigenvalue weighted by molar-refractivity contribution is 7.89. The number of hydrogen-bond acceptors (Lipinski definition) is 4. The van der Waals surface area contributed by atoms with Gasteiger partial charge in [-0.3, -0.25) is 0 Å². The molecule has 114 valence electrons. The van der Waals surface area contributed by atoms with Crippen LogP contribution in [0.3, 0.4) is 0 Å². The molecule has 0 atom stereocenters. The summed E-state index contributed by atoms with van der Waals surface area (Å²) >= 11 is 0. The van der Waals surface area contributed by atoms with Gasteiger partial charge in [-0.25, -0.2) is 8.42 Å². The molecule has 0 aliphatic rings. The zero-order valence-corrected chi connectivity index (χ0v) is 13.2. The van der Waals surface area contributed by atoms with Gasteiger partial charge in [0, 0.05) is 25.3 Å². The van der Waals surface area contributed by atoms with Gasteiger partial charge in [-0.15, -0.1) is 0 Å². The summed E-state index contributed by atoms with van der Waals surface area (Å²) < 4.78 is 26.8. The molecular formula is C14H24N2O3S. The molecule has 1 rings (SSSR count). The number of anilines is 1. The van der Waals surface area contributed by atoms with Crippen molar-refractivity contribution in [3.05, 3.63) is 24.3 Å². The average molecular weight is 300 g/mol. The lowest BCUT2D eigenvalue weighted by atomic mass is 10.2. The van der Waals surface area contributed by atoms with Gasteiger partial charge in [0.05, 0.1) is 11.5 Å². The third-order valence-electron chi connectivity index (χ3n) is 3.42. The summed E-state index contributed by atoms with van der Waals surface area (Å²) in [4.78, 5) is 0.261. The third kappa shape index (κ3) is 3.71. The monoisotopic (exact) mass is 300 g/mol. The third-order valence-corrected chi connectivity index (χ3v) is 5.39. The van der Waals surface area contributed by atoms with Crippen molar-refractivity contribution in [1.29, 1.82) is 0 Å². The van der Waals surface area contributed by atoms with Gasteiger partial charge in [-0.05, 0) is 37.1 Å². The molecule has 0 saturated heterocycles. The normalized spacial score (nSPS) is 12.1. The molecule has 0 amide bonds. The van der Waals surface area contributed by atoms with Crippen LogP contribution in [-0.4, -0.2) is 44.1 Å². The SMILES string of the molecule is CCC(CC)N(CCO)S(=O)(=O)c1ccc(NC)cc1. The van der Waals surface area contributed by atoms with Crippen LogP contribution in [0, 0.1) is 0 Å². The Morgan fingerprint density at radius 3 is 2.15 bits per heavy atom. The average Bonchev–Trinajstić information content (AvgIpc) is 2.47. The zero-order chi connectivity index (χ0) is 15.2. The van der Waals surface area contributed by atoms with E-state index in [0.717, 1.165) is 18.5 Å². The van der Waals surface area contributed by atoms with Gasteiger partial charge in [-0.1, -0.05) is 13.8 Å². The maximum atomic E-state index is 12.7. The molecule has 0 saturated carbocycles. The van der Waals surface area contributed by atoms with E-state index in [0.29, 0.717) is 0 Å². The fraction of sp³-hybridized carbons (Fsp3) is 0.571. The summed E-state index contributed by atoms with van der Waals surface area (Å²) in [7, 11) is -1.78. The molecule has 0 heterocycles. The Labute approximate surface area is 121 Å². The highest BCUT2D eigenvalue weighted by Gasteiger charge is 2.29. The van der Waals surface area contributed by atoms with Crippen LogP contribution in [0.2, 0.25) is 0 Å². The predicted molar refractivity (Wildman–Crippen MR) is 81.3 cm³/mol. The number of aliphatic hydroxyl groups is 1. The Morgan fingerprint density at radius 1 is 1.20 bits per heavy atom. The van der Waals surface area contributed by atoms with Crippen molar-refractivity contribution in [2.45, 2.75) is 37.6 Å². The van der Waals surface area contributed by atoms with E-state index in [2.05, 4.69) is 5.32 Å². The molecule has 6 heteroatoms. The van der Waals surface area contributed by atoms with Crippen LogP contribution in [0.15, 0.2) is 29.2 Å². The summed E-state index contributed by atoms with van der Waals surface area (Å²) in [5.74, 6) is 0. The van der Waals surface area contributed by atoms with Crippen LogP contribution in [0.1, 0.15) is 26.7 Å². The van der Waals surface area contributed by atoms with Gasteiger partial charge >= 0.3 is 0 Å². The molecule has 0 aliphatic heterocycles. The van der Waals surface area contributed by atoms with Crippen LogP contribution in [0.25, 0.3) is 0 Å². The highest BCUT2D eigenvalue weighted by atomic mass is 32.2. The molecule has 20 heavy (non-hydrogen) atoms. The van der Waals surface area contributed by atoms with E-state index in [4.69, 9.17) is 5.11 Å². The summed E-state index contributed by atoms with van der Waals surface area (Å²) in [6, 6.07) is 6.56. The van der Waals surface area contributed by atoms with E-state index in [-0.39, 0.29) is 24.1 Å². The summed E-state index contributed by atoms with van der Waals surface area (Å²) in [6.45, 7) is 3.86. The quantitative estimate of drug-likeness (QED) is 0.769. The van der Waals surface area contributed by atoms with Crippen molar-refractivity contribution in [2.24, 2.45) is 0 Å². The van der Waals surface area contributed by atoms with Crippen LogP contribution in [0.5, 0.6) is 0 Å². The highest BCUT2D eigenvalue weighted by Crippen LogP contribution is 2.22. The first-order valence-electron chi connectivity index (χ1n) is 6.91. The Kier molecular flexibility index (Phi) is 6.45. The van der Waals surface area contributed by atoms with E-state index in [1.54, 1.807) is 31.3 Å². The molecule has 0 aliphatic carbocycles. The molecule has 1 aromatic carbocycles. The number of nitrogens with zero attached hydrogens (tertiary/aromatic N) is 1. The largest absolute Gasteiger partial charge is 0.395 e. The Morgan fingerprint density at radius 2 is 1.75 bits per heavy atom. The molecule has 2 N–H and O–H groups in total. The smallest absolute Gasteiger partial charge is 0.243 e. The lowest BCUT2D eigenvalue weighted by Crippen LogP contribution is -2.41. The Bertz CT molecular complexity index is 496. The van der Waals surface area contributed by atoms with Crippen molar-refractivity contribution in [3.8, 4) is 0 Å². The van der Waals surface area contributed by atoms with Gasteiger partial charge in [0.25, 0.3) is 0 Å². The van der Waals surface area contributed by atoms with Crippen molar-refractivity contribution in [3.63, 3.8) is 0 Å². The number of rotatable bonds is 8. The van der Waals surface area contributed by atoms with Crippen molar-refractivity contribution in [1.82, 2.24) is 4.31 Å². The first-order chi connectivity index (χ1) is 9.51. The minimum atomic E-state index is -3.57. The fourth-order valence-electron chi connectivity index (χ4n) is 2.22. The molecule has 0 fully saturated rings. The van der Waals surface area contributed by atoms with Gasteiger partial charge in [0.1, 0.15) is 0 Å². The van der Waals surface area contributed by atoms with E-state index in [9.17, 15) is 8.42 Å². The van der Waals surface area contributed by atoms with Crippen LogP contribution >= 0.6 is 0 Å². The minimum Gasteiger partial charge on any atom is -0.395 e. The maximum Gasteiger partial charge on any atom is 0.243 e. The summed E-state index contributed by atoms with van der Waals surface area (Å²) in [6.07, 6.45) is 1.45. The first-order valence-corrected chi connectivity index (χ1v) is 8.35. The van der Waals surface area contributed by atoms with Crippen LogP contribution in [0.4, 0.5) is 5.69 Å². The topological polar surface area (TPSA) is 69.6 Å². The maximum absolute atomic E-state index is 12.7. The van der Waals surface area contributed by atoms with E-state index in [1.165, 1.54) is 4.31 Å². The lowest BCUT2D eigenvalue weighted by molar-refractivity contribution is 0.219. The van der Waals surface area contributed by atoms with Crippen molar-refractivity contribution >= 4 is 15.7 Å². The Hall–Kier alpha value is -1.11. The second-order valence-electron chi connectivity index (χ2n) is 4.58. The molecule has 0 bridgehead atoms. The van der Waals surface area contributed by atoms with E-state index in [1.807, 2.05) is 13.8 Å². The van der Waals surface area contributed by atoms with Gasteiger partial charge < -0.3 is 10.4 Å². The summed E-state index contributed by atoms with van der Waals surface area (Å²) in [5, 5.41) is 12.1. The molecule has 0 aromatic heterocycles. The molecule has 5 nitrogen and oxygen atoms in total.